The second kappa shape index (κ2) is 10.3. The van der Waals surface area contributed by atoms with Gasteiger partial charge in [-0.3, -0.25) is 9.59 Å². The van der Waals surface area contributed by atoms with E-state index in [1.165, 1.54) is 0 Å². The molecule has 9 heteroatoms. The molecule has 0 spiro atoms. The molecule has 184 valence electrons. The van der Waals surface area contributed by atoms with E-state index in [-0.39, 0.29) is 6.04 Å². The van der Waals surface area contributed by atoms with Crippen molar-refractivity contribution >= 4 is 12.8 Å². The number of nitrogens with two attached hydrogens (primary N) is 1. The first-order valence-electron chi connectivity index (χ1n) is 11.8. The Bertz CT molecular complexity index is 1210. The first-order valence-corrected chi connectivity index (χ1v) is 11.8. The van der Waals surface area contributed by atoms with Crippen LogP contribution in [0.2, 0.25) is 0 Å². The third-order valence-corrected chi connectivity index (χ3v) is 6.65. The highest BCUT2D eigenvalue weighted by Crippen LogP contribution is 2.47. The maximum Gasteiger partial charge on any atom is 0.459 e. The molecule has 1 aliphatic carbocycles. The SMILES string of the molecule is CC(C)n1oc(=O)nc1C1(CCN)c2ccc(CNC=O)cc2CCc2cc(CNC=O)ccc21. The summed E-state index contributed by atoms with van der Waals surface area (Å²) in [5.41, 5.74) is 11.7. The van der Waals surface area contributed by atoms with Crippen LogP contribution in [0.5, 0.6) is 0 Å². The number of benzene rings is 2. The lowest BCUT2D eigenvalue weighted by Crippen LogP contribution is -2.37. The summed E-state index contributed by atoms with van der Waals surface area (Å²) in [7, 11) is 0. The normalized spacial score (nSPS) is 14.1. The zero-order valence-corrected chi connectivity index (χ0v) is 20.0. The molecule has 0 unspecified atom stereocenters. The molecule has 0 radical (unpaired) electrons. The molecular weight excluding hydrogens is 446 g/mol. The Morgan fingerprint density at radius 3 is 2.03 bits per heavy atom. The number of hydrogen-bond acceptors (Lipinski definition) is 6. The van der Waals surface area contributed by atoms with E-state index >= 15 is 0 Å². The fourth-order valence-corrected chi connectivity index (χ4v) is 5.25. The lowest BCUT2D eigenvalue weighted by atomic mass is 9.69. The molecule has 4 rings (SSSR count). The molecule has 35 heavy (non-hydrogen) atoms. The van der Waals surface area contributed by atoms with Gasteiger partial charge in [0.15, 0.2) is 5.82 Å². The molecular formula is C26H31N5O4. The number of rotatable bonds is 10. The third kappa shape index (κ3) is 4.51. The molecule has 2 amide bonds. The van der Waals surface area contributed by atoms with Crippen LogP contribution in [0.15, 0.2) is 45.7 Å². The Hall–Kier alpha value is -3.72. The first kappa shape index (κ1) is 24.4. The number of aryl methyl sites for hydroxylation is 2. The maximum absolute atomic E-state index is 12.4. The van der Waals surface area contributed by atoms with Gasteiger partial charge >= 0.3 is 5.76 Å². The van der Waals surface area contributed by atoms with Crippen molar-refractivity contribution in [2.75, 3.05) is 6.54 Å². The third-order valence-electron chi connectivity index (χ3n) is 6.65. The van der Waals surface area contributed by atoms with Crippen LogP contribution in [-0.4, -0.2) is 29.1 Å². The quantitative estimate of drug-likeness (QED) is 0.381. The second-order valence-electron chi connectivity index (χ2n) is 9.14. The number of nitrogens with one attached hydrogen (secondary N) is 2. The van der Waals surface area contributed by atoms with E-state index in [2.05, 4.69) is 39.9 Å². The summed E-state index contributed by atoms with van der Waals surface area (Å²) in [6, 6.07) is 12.2. The number of carbonyl (C=O) groups is 2. The molecule has 3 aromatic rings. The van der Waals surface area contributed by atoms with Crippen molar-refractivity contribution in [1.82, 2.24) is 20.4 Å². The fourth-order valence-electron chi connectivity index (χ4n) is 5.25. The number of aromatic nitrogens is 2. The van der Waals surface area contributed by atoms with E-state index in [1.54, 1.807) is 4.74 Å². The average molecular weight is 478 g/mol. The summed E-state index contributed by atoms with van der Waals surface area (Å²) >= 11 is 0. The van der Waals surface area contributed by atoms with Crippen LogP contribution in [-0.2, 0) is 40.9 Å². The van der Waals surface area contributed by atoms with E-state index in [0.717, 1.165) is 46.2 Å². The van der Waals surface area contributed by atoms with Gasteiger partial charge in [0.2, 0.25) is 12.8 Å². The van der Waals surface area contributed by atoms with Gasteiger partial charge in [-0.15, -0.1) is 0 Å². The van der Waals surface area contributed by atoms with E-state index in [9.17, 15) is 14.4 Å². The Balaban J connectivity index is 2.02. The molecule has 0 bridgehead atoms. The molecule has 9 nitrogen and oxygen atoms in total. The number of nitrogens with zero attached hydrogens (tertiary/aromatic N) is 2. The molecule has 0 aliphatic heterocycles. The predicted octanol–water partition coefficient (Wildman–Crippen LogP) is 1.69. The minimum absolute atomic E-state index is 0.128. The molecule has 4 N–H and O–H groups in total. The highest BCUT2D eigenvalue weighted by molar-refractivity contribution is 5.56. The van der Waals surface area contributed by atoms with Crippen molar-refractivity contribution in [3.05, 3.63) is 86.2 Å². The van der Waals surface area contributed by atoms with Crippen LogP contribution in [0.1, 0.15) is 65.5 Å². The minimum Gasteiger partial charge on any atom is -0.355 e. The highest BCUT2D eigenvalue weighted by atomic mass is 16.5. The molecule has 0 saturated heterocycles. The van der Waals surface area contributed by atoms with Gasteiger partial charge in [0, 0.05) is 13.1 Å². The standard InChI is InChI=1S/C26H31N5O4/c1-17(2)31-24(30-25(34)35-31)26(9-10-27)22-7-3-18(13-28-15-32)11-20(22)5-6-21-12-19(14-29-16-33)4-8-23(21)26/h3-4,7-8,11-12,15-17H,5-6,9-10,13-14,27H2,1-2H3,(H,28,32)(H,29,33). The van der Waals surface area contributed by atoms with Gasteiger partial charge in [-0.05, 0) is 73.0 Å². The zero-order chi connectivity index (χ0) is 25.0. The van der Waals surface area contributed by atoms with Gasteiger partial charge in [0.25, 0.3) is 0 Å². The second-order valence-corrected chi connectivity index (χ2v) is 9.14. The number of hydrogen-bond donors (Lipinski definition) is 3. The van der Waals surface area contributed by atoms with Crippen molar-refractivity contribution < 1.29 is 14.1 Å². The number of amides is 2. The summed E-state index contributed by atoms with van der Waals surface area (Å²) in [6.07, 6.45) is 3.41. The van der Waals surface area contributed by atoms with Crippen LogP contribution >= 0.6 is 0 Å². The van der Waals surface area contributed by atoms with E-state index in [4.69, 9.17) is 10.3 Å². The molecule has 0 fully saturated rings. The van der Waals surface area contributed by atoms with Crippen LogP contribution in [0, 0.1) is 0 Å². The monoisotopic (exact) mass is 477 g/mol. The molecule has 1 aliphatic rings. The van der Waals surface area contributed by atoms with E-state index in [1.807, 2.05) is 26.0 Å². The summed E-state index contributed by atoms with van der Waals surface area (Å²) < 4.78 is 7.13. The lowest BCUT2D eigenvalue weighted by Gasteiger charge is -2.36. The molecule has 1 heterocycles. The summed E-state index contributed by atoms with van der Waals surface area (Å²) in [4.78, 5) is 38.5. The smallest absolute Gasteiger partial charge is 0.355 e. The molecule has 0 atom stereocenters. The Morgan fingerprint density at radius 2 is 1.57 bits per heavy atom. The van der Waals surface area contributed by atoms with Gasteiger partial charge in [-0.1, -0.05) is 36.4 Å². The van der Waals surface area contributed by atoms with Gasteiger partial charge in [-0.2, -0.15) is 9.72 Å². The number of carbonyl (C=O) groups excluding carboxylic acids is 2. The fraction of sp³-hybridized carbons (Fsp3) is 0.385. The van der Waals surface area contributed by atoms with Gasteiger partial charge < -0.3 is 20.9 Å². The van der Waals surface area contributed by atoms with Gasteiger partial charge in [0.05, 0.1) is 11.5 Å². The molecule has 1 aromatic heterocycles. The summed E-state index contributed by atoms with van der Waals surface area (Å²) in [6.45, 7) is 5.11. The van der Waals surface area contributed by atoms with E-state index < -0.39 is 11.2 Å². The zero-order valence-electron chi connectivity index (χ0n) is 20.0. The van der Waals surface area contributed by atoms with E-state index in [0.29, 0.717) is 44.7 Å². The van der Waals surface area contributed by atoms with Crippen molar-refractivity contribution in [2.24, 2.45) is 5.73 Å². The van der Waals surface area contributed by atoms with Crippen molar-refractivity contribution in [3.63, 3.8) is 0 Å². The number of fused-ring (bicyclic) bond motifs is 2. The minimum atomic E-state index is -0.806. The molecule has 0 saturated carbocycles. The summed E-state index contributed by atoms with van der Waals surface area (Å²) in [5.74, 6) is -0.110. The van der Waals surface area contributed by atoms with Crippen molar-refractivity contribution in [2.45, 2.75) is 57.7 Å². The van der Waals surface area contributed by atoms with Gasteiger partial charge in [-0.25, -0.2) is 4.79 Å². The Kier molecular flexibility index (Phi) is 7.16. The predicted molar refractivity (Wildman–Crippen MR) is 131 cm³/mol. The highest BCUT2D eigenvalue weighted by Gasteiger charge is 2.45. The van der Waals surface area contributed by atoms with Crippen LogP contribution < -0.4 is 22.1 Å². The topological polar surface area (TPSA) is 132 Å². The van der Waals surface area contributed by atoms with Crippen LogP contribution in [0.4, 0.5) is 0 Å². The maximum atomic E-state index is 12.4. The van der Waals surface area contributed by atoms with Crippen molar-refractivity contribution in [1.29, 1.82) is 0 Å². The van der Waals surface area contributed by atoms with Crippen molar-refractivity contribution in [3.8, 4) is 0 Å². The average Bonchev–Trinajstić information content (AvgIpc) is 3.20. The van der Waals surface area contributed by atoms with Crippen LogP contribution in [0.25, 0.3) is 0 Å². The lowest BCUT2D eigenvalue weighted by molar-refractivity contribution is -0.110. The van der Waals surface area contributed by atoms with Crippen LogP contribution in [0.3, 0.4) is 0 Å². The molecule has 2 aromatic carbocycles. The Labute approximate surface area is 203 Å². The Morgan fingerprint density at radius 1 is 1.03 bits per heavy atom. The van der Waals surface area contributed by atoms with Gasteiger partial charge in [0.1, 0.15) is 0 Å². The largest absolute Gasteiger partial charge is 0.459 e. The first-order chi connectivity index (χ1) is 16.9. The summed E-state index contributed by atoms with van der Waals surface area (Å²) in [5, 5.41) is 5.45.